The van der Waals surface area contributed by atoms with E-state index in [1.54, 1.807) is 13.8 Å². The SMILES string of the molecule is CCOP(=O)(Cc1ccc(C[P+](O)(OCC)OCC)cc1)OCC. The molecule has 0 heterocycles. The van der Waals surface area contributed by atoms with Gasteiger partial charge in [0.05, 0.1) is 32.6 Å². The van der Waals surface area contributed by atoms with Crippen LogP contribution in [0.2, 0.25) is 0 Å². The van der Waals surface area contributed by atoms with Gasteiger partial charge in [-0.05, 0) is 38.8 Å². The van der Waals surface area contributed by atoms with Crippen LogP contribution < -0.4 is 0 Å². The van der Waals surface area contributed by atoms with Crippen LogP contribution in [0.3, 0.4) is 0 Å². The molecule has 0 aliphatic heterocycles. The molecule has 8 heteroatoms. The third kappa shape index (κ3) is 7.28. The third-order valence-electron chi connectivity index (χ3n) is 3.09. The van der Waals surface area contributed by atoms with Crippen molar-refractivity contribution < 1.29 is 27.6 Å². The van der Waals surface area contributed by atoms with Gasteiger partial charge in [-0.1, -0.05) is 24.3 Å². The summed E-state index contributed by atoms with van der Waals surface area (Å²) in [5, 5.41) is 0. The van der Waals surface area contributed by atoms with Gasteiger partial charge in [-0.25, -0.2) is 0 Å². The van der Waals surface area contributed by atoms with E-state index in [1.165, 1.54) is 0 Å². The van der Waals surface area contributed by atoms with Crippen molar-refractivity contribution in [3.05, 3.63) is 35.4 Å². The smallest absolute Gasteiger partial charge is 0.309 e. The monoisotopic (exact) mass is 379 g/mol. The van der Waals surface area contributed by atoms with E-state index < -0.39 is 15.5 Å². The molecule has 0 aromatic heterocycles. The van der Waals surface area contributed by atoms with Crippen LogP contribution in [0.15, 0.2) is 24.3 Å². The predicted octanol–water partition coefficient (Wildman–Crippen LogP) is 4.78. The quantitative estimate of drug-likeness (QED) is 0.527. The minimum atomic E-state index is -3.11. The summed E-state index contributed by atoms with van der Waals surface area (Å²) < 4.78 is 34.0. The maximum atomic E-state index is 12.5. The highest BCUT2D eigenvalue weighted by atomic mass is 31.2. The van der Waals surface area contributed by atoms with Crippen molar-refractivity contribution in [3.63, 3.8) is 0 Å². The molecule has 0 spiro atoms. The van der Waals surface area contributed by atoms with Gasteiger partial charge in [0.2, 0.25) is 0 Å². The number of hydrogen-bond acceptors (Lipinski definition) is 6. The summed E-state index contributed by atoms with van der Waals surface area (Å²) in [5.74, 6) is 0. The van der Waals surface area contributed by atoms with Gasteiger partial charge in [-0.3, -0.25) is 4.57 Å². The van der Waals surface area contributed by atoms with E-state index in [0.717, 1.165) is 11.1 Å². The Morgan fingerprint density at radius 1 is 0.875 bits per heavy atom. The van der Waals surface area contributed by atoms with Gasteiger partial charge in [0.15, 0.2) is 6.16 Å². The van der Waals surface area contributed by atoms with Crippen LogP contribution in [0.1, 0.15) is 38.8 Å². The molecule has 6 nitrogen and oxygen atoms in total. The first-order valence-corrected chi connectivity index (χ1v) is 11.7. The number of hydrogen-bond donors (Lipinski definition) is 1. The van der Waals surface area contributed by atoms with Crippen LogP contribution in [0.5, 0.6) is 0 Å². The Balaban J connectivity index is 2.79. The van der Waals surface area contributed by atoms with E-state index in [-0.39, 0.29) is 6.16 Å². The van der Waals surface area contributed by atoms with Crippen LogP contribution in [0.4, 0.5) is 0 Å². The van der Waals surface area contributed by atoms with Crippen LogP contribution in [0, 0.1) is 0 Å². The summed E-state index contributed by atoms with van der Waals surface area (Å²) in [6.07, 6.45) is 0.550. The largest absolute Gasteiger partial charge is 0.413 e. The molecule has 0 saturated heterocycles. The third-order valence-corrected chi connectivity index (χ3v) is 7.24. The first-order valence-electron chi connectivity index (χ1n) is 8.26. The molecule has 0 aliphatic rings. The van der Waals surface area contributed by atoms with E-state index in [0.29, 0.717) is 32.6 Å². The molecule has 0 amide bonds. The first-order chi connectivity index (χ1) is 11.4. The van der Waals surface area contributed by atoms with Gasteiger partial charge >= 0.3 is 15.5 Å². The lowest BCUT2D eigenvalue weighted by molar-refractivity contribution is 0.188. The second-order valence-electron chi connectivity index (χ2n) is 5.05. The van der Waals surface area contributed by atoms with Crippen LogP contribution in [0.25, 0.3) is 0 Å². The average Bonchev–Trinajstić information content (AvgIpc) is 2.50. The van der Waals surface area contributed by atoms with E-state index in [9.17, 15) is 9.46 Å². The van der Waals surface area contributed by atoms with Gasteiger partial charge < -0.3 is 9.05 Å². The molecule has 0 aliphatic carbocycles. The maximum absolute atomic E-state index is 12.5. The summed E-state index contributed by atoms with van der Waals surface area (Å²) >= 11 is 0. The van der Waals surface area contributed by atoms with Crippen molar-refractivity contribution in [2.45, 2.75) is 40.0 Å². The Morgan fingerprint density at radius 3 is 1.75 bits per heavy atom. The van der Waals surface area contributed by atoms with Gasteiger partial charge in [0, 0.05) is 0 Å². The van der Waals surface area contributed by atoms with Crippen molar-refractivity contribution in [3.8, 4) is 0 Å². The fourth-order valence-electron chi connectivity index (χ4n) is 2.26. The van der Waals surface area contributed by atoms with Gasteiger partial charge in [0.1, 0.15) is 0 Å². The fraction of sp³-hybridized carbons (Fsp3) is 0.625. The first kappa shape index (κ1) is 21.7. The molecular weight excluding hydrogens is 350 g/mol. The molecule has 1 N–H and O–H groups in total. The Labute approximate surface area is 145 Å². The van der Waals surface area contributed by atoms with Gasteiger partial charge in [-0.15, -0.1) is 0 Å². The Bertz CT molecular complexity index is 504. The van der Waals surface area contributed by atoms with E-state index >= 15 is 0 Å². The minimum Gasteiger partial charge on any atom is -0.309 e. The molecule has 1 rings (SSSR count). The zero-order valence-electron chi connectivity index (χ0n) is 14.9. The molecular formula is C16H29O6P2+. The molecule has 0 atom stereocenters. The van der Waals surface area contributed by atoms with E-state index in [1.807, 2.05) is 38.1 Å². The van der Waals surface area contributed by atoms with Crippen molar-refractivity contribution in [1.29, 1.82) is 0 Å². The normalized spacial score (nSPS) is 12.5. The highest BCUT2D eigenvalue weighted by Crippen LogP contribution is 2.59. The Kier molecular flexibility index (Phi) is 9.61. The van der Waals surface area contributed by atoms with Crippen LogP contribution in [-0.2, 0) is 35.0 Å². The zero-order valence-corrected chi connectivity index (χ0v) is 16.7. The van der Waals surface area contributed by atoms with Gasteiger partial charge in [0.25, 0.3) is 0 Å². The zero-order chi connectivity index (χ0) is 18.1. The fourth-order valence-corrected chi connectivity index (χ4v) is 5.70. The second-order valence-corrected chi connectivity index (χ2v) is 9.21. The van der Waals surface area contributed by atoms with E-state index in [2.05, 4.69) is 0 Å². The maximum Gasteiger partial charge on any atom is 0.413 e. The molecule has 0 bridgehead atoms. The van der Waals surface area contributed by atoms with Crippen LogP contribution >= 0.6 is 15.5 Å². The molecule has 1 aromatic rings. The second kappa shape index (κ2) is 10.6. The minimum absolute atomic E-state index is 0.227. The molecule has 138 valence electrons. The van der Waals surface area contributed by atoms with Crippen molar-refractivity contribution in [2.24, 2.45) is 0 Å². The van der Waals surface area contributed by atoms with Crippen molar-refractivity contribution >= 4 is 15.5 Å². The van der Waals surface area contributed by atoms with E-state index in [4.69, 9.17) is 18.1 Å². The summed E-state index contributed by atoms with van der Waals surface area (Å²) in [5.41, 5.74) is 1.76. The lowest BCUT2D eigenvalue weighted by atomic mass is 10.2. The molecule has 0 radical (unpaired) electrons. The lowest BCUT2D eigenvalue weighted by Gasteiger charge is -2.18. The number of rotatable bonds is 12. The summed E-state index contributed by atoms with van der Waals surface area (Å²) in [6.45, 7) is 8.72. The predicted molar refractivity (Wildman–Crippen MR) is 97.1 cm³/mol. The molecule has 0 fully saturated rings. The van der Waals surface area contributed by atoms with Crippen LogP contribution in [-0.4, -0.2) is 31.3 Å². The van der Waals surface area contributed by atoms with Gasteiger partial charge in [-0.2, -0.15) is 13.9 Å². The number of benzene rings is 1. The Morgan fingerprint density at radius 2 is 1.33 bits per heavy atom. The summed E-state index contributed by atoms with van der Waals surface area (Å²) in [7, 11) is -5.98. The lowest BCUT2D eigenvalue weighted by Crippen LogP contribution is -2.06. The molecule has 0 saturated carbocycles. The molecule has 1 aromatic carbocycles. The Hall–Kier alpha value is -0.320. The highest BCUT2D eigenvalue weighted by molar-refractivity contribution is 7.59. The molecule has 0 unspecified atom stereocenters. The van der Waals surface area contributed by atoms with Crippen molar-refractivity contribution in [1.82, 2.24) is 0 Å². The summed E-state index contributed by atoms with van der Waals surface area (Å²) in [4.78, 5) is 10.4. The average molecular weight is 379 g/mol. The van der Waals surface area contributed by atoms with Crippen molar-refractivity contribution in [2.75, 3.05) is 26.4 Å². The highest BCUT2D eigenvalue weighted by Gasteiger charge is 2.40. The summed E-state index contributed by atoms with van der Waals surface area (Å²) in [6, 6.07) is 7.48. The topological polar surface area (TPSA) is 74.2 Å². The standard InChI is InChI=1S/C16H29O6P2/c1-5-19-23(17,20-6-2)13-15-9-11-16(12-10-15)14-24(18,21-7-3)22-8-4/h9-12,17H,5-8,13-14H2,1-4H3/q+1. The molecule has 24 heavy (non-hydrogen) atoms.